The Kier molecular flexibility index (Phi) is 6.89. The van der Waals surface area contributed by atoms with Crippen molar-refractivity contribution in [2.45, 2.75) is 26.4 Å². The predicted molar refractivity (Wildman–Crippen MR) is 120 cm³/mol. The number of rotatable bonds is 7. The molecule has 156 valence electrons. The highest BCUT2D eigenvalue weighted by atomic mass is 32.1. The number of nitrogens with zero attached hydrogens (tertiary/aromatic N) is 2. The molecule has 1 aliphatic heterocycles. The molecule has 5 nitrogen and oxygen atoms in total. The Morgan fingerprint density at radius 1 is 1.13 bits per heavy atom. The highest BCUT2D eigenvalue weighted by molar-refractivity contribution is 7.13. The average Bonchev–Trinajstić information content (AvgIpc) is 3.22. The summed E-state index contributed by atoms with van der Waals surface area (Å²) in [5, 5.41) is 6.00. The Bertz CT molecular complexity index is 995. The standard InChI is InChI=1S/C24H27N3O2S/c1-18-5-4-8-19(13-18)24-26-22(17-30-24)14-23(28)25-15-20-6-2-3-7-21(20)16-27-9-11-29-12-10-27/h2-8,13,17H,9-12,14-16H2,1H3,(H,25,28). The maximum Gasteiger partial charge on any atom is 0.226 e. The number of ether oxygens (including phenoxy) is 1. The van der Waals surface area contributed by atoms with Crippen LogP contribution in [0.1, 0.15) is 22.4 Å². The molecule has 0 aliphatic carbocycles. The SMILES string of the molecule is Cc1cccc(-c2nc(CC(=O)NCc3ccccc3CN3CCOCC3)cs2)c1. The van der Waals surface area contributed by atoms with Gasteiger partial charge in [0.15, 0.2) is 0 Å². The first-order valence-electron chi connectivity index (χ1n) is 10.3. The van der Waals surface area contributed by atoms with Gasteiger partial charge in [-0.3, -0.25) is 9.69 Å². The summed E-state index contributed by atoms with van der Waals surface area (Å²) >= 11 is 1.58. The van der Waals surface area contributed by atoms with Gasteiger partial charge in [-0.25, -0.2) is 4.98 Å². The number of amides is 1. The van der Waals surface area contributed by atoms with Crippen LogP contribution in [0.25, 0.3) is 10.6 Å². The lowest BCUT2D eigenvalue weighted by Crippen LogP contribution is -2.36. The number of hydrogen-bond donors (Lipinski definition) is 1. The zero-order valence-corrected chi connectivity index (χ0v) is 18.1. The van der Waals surface area contributed by atoms with Gasteiger partial charge in [0.25, 0.3) is 0 Å². The minimum atomic E-state index is -0.00253. The quantitative estimate of drug-likeness (QED) is 0.630. The van der Waals surface area contributed by atoms with Gasteiger partial charge < -0.3 is 10.1 Å². The highest BCUT2D eigenvalue weighted by Crippen LogP contribution is 2.24. The van der Waals surface area contributed by atoms with E-state index in [-0.39, 0.29) is 5.91 Å². The molecule has 0 unspecified atom stereocenters. The Labute approximate surface area is 181 Å². The predicted octanol–water partition coefficient (Wildman–Crippen LogP) is 3.81. The van der Waals surface area contributed by atoms with E-state index in [1.54, 1.807) is 11.3 Å². The fraction of sp³-hybridized carbons (Fsp3) is 0.333. The molecular weight excluding hydrogens is 394 g/mol. The molecule has 1 aliphatic rings. The van der Waals surface area contributed by atoms with E-state index in [0.717, 1.165) is 54.7 Å². The molecule has 30 heavy (non-hydrogen) atoms. The van der Waals surface area contributed by atoms with Gasteiger partial charge in [0.1, 0.15) is 5.01 Å². The fourth-order valence-electron chi connectivity index (χ4n) is 3.60. The molecule has 1 saturated heterocycles. The summed E-state index contributed by atoms with van der Waals surface area (Å²) in [6.45, 7) is 6.98. The van der Waals surface area contributed by atoms with E-state index >= 15 is 0 Å². The summed E-state index contributed by atoms with van der Waals surface area (Å²) in [7, 11) is 0. The van der Waals surface area contributed by atoms with Crippen LogP contribution in [0.3, 0.4) is 0 Å². The summed E-state index contributed by atoms with van der Waals surface area (Å²) in [5.74, 6) is -0.00253. The van der Waals surface area contributed by atoms with Crippen LogP contribution in [0.5, 0.6) is 0 Å². The first kappa shape index (κ1) is 20.7. The maximum absolute atomic E-state index is 12.5. The number of hydrogen-bond acceptors (Lipinski definition) is 5. The zero-order chi connectivity index (χ0) is 20.8. The summed E-state index contributed by atoms with van der Waals surface area (Å²) in [6.07, 6.45) is 0.300. The Morgan fingerprint density at radius 2 is 1.93 bits per heavy atom. The van der Waals surface area contributed by atoms with Gasteiger partial charge in [0.2, 0.25) is 5.91 Å². The lowest BCUT2D eigenvalue weighted by Gasteiger charge is -2.27. The van der Waals surface area contributed by atoms with Crippen LogP contribution in [-0.2, 0) is 29.0 Å². The van der Waals surface area contributed by atoms with Gasteiger partial charge in [-0.2, -0.15) is 0 Å². The van der Waals surface area contributed by atoms with Crippen molar-refractivity contribution in [2.75, 3.05) is 26.3 Å². The highest BCUT2D eigenvalue weighted by Gasteiger charge is 2.14. The molecule has 1 amide bonds. The lowest BCUT2D eigenvalue weighted by molar-refractivity contribution is -0.120. The third-order valence-electron chi connectivity index (χ3n) is 5.25. The molecule has 0 atom stereocenters. The van der Waals surface area contributed by atoms with Crippen molar-refractivity contribution < 1.29 is 9.53 Å². The summed E-state index contributed by atoms with van der Waals surface area (Å²) in [6, 6.07) is 16.6. The number of nitrogens with one attached hydrogen (secondary N) is 1. The largest absolute Gasteiger partial charge is 0.379 e. The molecule has 2 heterocycles. The monoisotopic (exact) mass is 421 g/mol. The normalized spacial score (nSPS) is 14.6. The second kappa shape index (κ2) is 9.98. The number of thiazole rings is 1. The minimum Gasteiger partial charge on any atom is -0.379 e. The number of carbonyl (C=O) groups is 1. The second-order valence-corrected chi connectivity index (χ2v) is 8.48. The topological polar surface area (TPSA) is 54.5 Å². The number of aryl methyl sites for hydroxylation is 1. The van der Waals surface area contributed by atoms with Crippen LogP contribution in [0.2, 0.25) is 0 Å². The van der Waals surface area contributed by atoms with Crippen molar-refractivity contribution in [1.29, 1.82) is 0 Å². The van der Waals surface area contributed by atoms with E-state index < -0.39 is 0 Å². The summed E-state index contributed by atoms with van der Waals surface area (Å²) in [4.78, 5) is 19.6. The van der Waals surface area contributed by atoms with Crippen molar-refractivity contribution in [3.63, 3.8) is 0 Å². The molecule has 1 aromatic heterocycles. The zero-order valence-electron chi connectivity index (χ0n) is 17.3. The van der Waals surface area contributed by atoms with E-state index in [1.165, 1.54) is 11.1 Å². The molecule has 0 saturated carbocycles. The Morgan fingerprint density at radius 3 is 2.73 bits per heavy atom. The minimum absolute atomic E-state index is 0.00253. The van der Waals surface area contributed by atoms with Crippen molar-refractivity contribution in [3.8, 4) is 10.6 Å². The third kappa shape index (κ3) is 5.53. The van der Waals surface area contributed by atoms with E-state index in [1.807, 2.05) is 17.5 Å². The molecular formula is C24H27N3O2S. The van der Waals surface area contributed by atoms with Gasteiger partial charge in [-0.1, -0.05) is 48.0 Å². The van der Waals surface area contributed by atoms with Gasteiger partial charge in [0, 0.05) is 37.1 Å². The first-order valence-corrected chi connectivity index (χ1v) is 11.2. The average molecular weight is 422 g/mol. The number of benzene rings is 2. The van der Waals surface area contributed by atoms with Crippen molar-refractivity contribution in [2.24, 2.45) is 0 Å². The van der Waals surface area contributed by atoms with E-state index in [0.29, 0.717) is 13.0 Å². The molecule has 6 heteroatoms. The molecule has 1 fully saturated rings. The van der Waals surface area contributed by atoms with Crippen LogP contribution in [0.4, 0.5) is 0 Å². The Hall–Kier alpha value is -2.54. The molecule has 0 radical (unpaired) electrons. The second-order valence-electron chi connectivity index (χ2n) is 7.62. The molecule has 4 rings (SSSR count). The van der Waals surface area contributed by atoms with Crippen LogP contribution in [0.15, 0.2) is 53.9 Å². The van der Waals surface area contributed by atoms with Gasteiger partial charge in [-0.05, 0) is 24.1 Å². The molecule has 3 aromatic rings. The molecule has 1 N–H and O–H groups in total. The smallest absolute Gasteiger partial charge is 0.226 e. The lowest BCUT2D eigenvalue weighted by atomic mass is 10.1. The van der Waals surface area contributed by atoms with Crippen molar-refractivity contribution in [1.82, 2.24) is 15.2 Å². The van der Waals surface area contributed by atoms with Crippen molar-refractivity contribution >= 4 is 17.2 Å². The summed E-state index contributed by atoms with van der Waals surface area (Å²) < 4.78 is 5.44. The van der Waals surface area contributed by atoms with E-state index in [2.05, 4.69) is 58.5 Å². The first-order chi connectivity index (χ1) is 14.7. The van der Waals surface area contributed by atoms with Gasteiger partial charge in [0.05, 0.1) is 25.3 Å². The third-order valence-corrected chi connectivity index (χ3v) is 6.19. The van der Waals surface area contributed by atoms with Gasteiger partial charge in [-0.15, -0.1) is 11.3 Å². The maximum atomic E-state index is 12.5. The van der Waals surface area contributed by atoms with Crippen LogP contribution >= 0.6 is 11.3 Å². The number of morpholine rings is 1. The number of aromatic nitrogens is 1. The number of carbonyl (C=O) groups excluding carboxylic acids is 1. The molecule has 0 spiro atoms. The fourth-order valence-corrected chi connectivity index (χ4v) is 4.42. The van der Waals surface area contributed by atoms with Crippen LogP contribution in [0, 0.1) is 6.92 Å². The van der Waals surface area contributed by atoms with E-state index in [9.17, 15) is 4.79 Å². The Balaban J connectivity index is 1.33. The molecule has 2 aromatic carbocycles. The summed E-state index contributed by atoms with van der Waals surface area (Å²) in [5.41, 5.74) is 5.54. The van der Waals surface area contributed by atoms with Crippen molar-refractivity contribution in [3.05, 3.63) is 76.3 Å². The van der Waals surface area contributed by atoms with Crippen LogP contribution in [-0.4, -0.2) is 42.1 Å². The van der Waals surface area contributed by atoms with Crippen LogP contribution < -0.4 is 5.32 Å². The molecule has 0 bridgehead atoms. The van der Waals surface area contributed by atoms with E-state index in [4.69, 9.17) is 4.74 Å². The van der Waals surface area contributed by atoms with Gasteiger partial charge >= 0.3 is 0 Å².